The van der Waals surface area contributed by atoms with E-state index in [1.807, 2.05) is 20.8 Å². The number of carboxylic acids is 1. The summed E-state index contributed by atoms with van der Waals surface area (Å²) in [6.07, 6.45) is 2.10. The first-order chi connectivity index (χ1) is 9.22. The van der Waals surface area contributed by atoms with Gasteiger partial charge in [-0.05, 0) is 46.5 Å². The lowest BCUT2D eigenvalue weighted by atomic mass is 9.80. The number of carboxylic acid groups (broad SMARTS) is 1. The Labute approximate surface area is 119 Å². The van der Waals surface area contributed by atoms with Gasteiger partial charge in [0, 0.05) is 6.54 Å². The van der Waals surface area contributed by atoms with E-state index in [-0.39, 0.29) is 12.2 Å². The lowest BCUT2D eigenvalue weighted by molar-refractivity contribution is -0.188. The topological polar surface area (TPSA) is 76.1 Å². The maximum Gasteiger partial charge on any atom is 0.410 e. The minimum atomic E-state index is -1.02. The third kappa shape index (κ3) is 3.23. The standard InChI is InChI=1S/C14H23NO5/c1-13(2,3)20-12(18)15-8-5-10(9-15)19-14(11(16)17)6-4-7-14/h10H,4-9H2,1-3H3,(H,16,17). The number of nitrogens with zero attached hydrogens (tertiary/aromatic N) is 1. The number of aliphatic carboxylic acids is 1. The van der Waals surface area contributed by atoms with Crippen LogP contribution in [0.2, 0.25) is 0 Å². The zero-order valence-electron chi connectivity index (χ0n) is 12.3. The van der Waals surface area contributed by atoms with Gasteiger partial charge in [0.2, 0.25) is 0 Å². The average Bonchev–Trinajstić information content (AvgIpc) is 2.68. The molecule has 1 aliphatic carbocycles. The van der Waals surface area contributed by atoms with Crippen LogP contribution in [0.5, 0.6) is 0 Å². The highest BCUT2D eigenvalue weighted by Crippen LogP contribution is 2.38. The van der Waals surface area contributed by atoms with E-state index >= 15 is 0 Å². The minimum Gasteiger partial charge on any atom is -0.479 e. The van der Waals surface area contributed by atoms with Crippen molar-refractivity contribution >= 4 is 12.1 Å². The van der Waals surface area contributed by atoms with Crippen LogP contribution in [-0.2, 0) is 14.3 Å². The summed E-state index contributed by atoms with van der Waals surface area (Å²) in [6.45, 7) is 6.42. The van der Waals surface area contributed by atoms with Gasteiger partial charge < -0.3 is 19.5 Å². The van der Waals surface area contributed by atoms with Crippen molar-refractivity contribution in [1.82, 2.24) is 4.90 Å². The summed E-state index contributed by atoms with van der Waals surface area (Å²) in [5.74, 6) is -0.889. The molecule has 0 aromatic rings. The number of rotatable bonds is 3. The molecule has 6 heteroatoms. The minimum absolute atomic E-state index is 0.209. The number of carbonyl (C=O) groups excluding carboxylic acids is 1. The Balaban J connectivity index is 1.86. The van der Waals surface area contributed by atoms with Gasteiger partial charge in [0.1, 0.15) is 5.60 Å². The average molecular weight is 285 g/mol. The van der Waals surface area contributed by atoms with Gasteiger partial charge in [0.15, 0.2) is 5.60 Å². The van der Waals surface area contributed by atoms with Gasteiger partial charge in [0.25, 0.3) is 0 Å². The SMILES string of the molecule is CC(C)(C)OC(=O)N1CCC(OC2(C(=O)O)CCC2)C1. The Hall–Kier alpha value is -1.30. The summed E-state index contributed by atoms with van der Waals surface area (Å²) in [5, 5.41) is 9.24. The van der Waals surface area contributed by atoms with E-state index in [1.165, 1.54) is 0 Å². The van der Waals surface area contributed by atoms with Crippen LogP contribution in [0.15, 0.2) is 0 Å². The molecule has 1 aliphatic heterocycles. The van der Waals surface area contributed by atoms with Crippen LogP contribution < -0.4 is 0 Å². The van der Waals surface area contributed by atoms with Gasteiger partial charge in [0.05, 0.1) is 12.6 Å². The van der Waals surface area contributed by atoms with Crippen molar-refractivity contribution < 1.29 is 24.2 Å². The second-order valence-electron chi connectivity index (χ2n) is 6.61. The molecule has 1 amide bonds. The molecule has 1 unspecified atom stereocenters. The number of hydrogen-bond acceptors (Lipinski definition) is 4. The van der Waals surface area contributed by atoms with Crippen molar-refractivity contribution in [3.05, 3.63) is 0 Å². The Morgan fingerprint density at radius 3 is 2.40 bits per heavy atom. The molecule has 1 saturated heterocycles. The molecule has 0 radical (unpaired) electrons. The van der Waals surface area contributed by atoms with E-state index < -0.39 is 17.2 Å². The van der Waals surface area contributed by atoms with E-state index in [2.05, 4.69) is 0 Å². The van der Waals surface area contributed by atoms with E-state index in [1.54, 1.807) is 4.90 Å². The van der Waals surface area contributed by atoms with Gasteiger partial charge in [-0.1, -0.05) is 0 Å². The van der Waals surface area contributed by atoms with Gasteiger partial charge >= 0.3 is 12.1 Å². The number of carbonyl (C=O) groups is 2. The highest BCUT2D eigenvalue weighted by Gasteiger charge is 2.48. The van der Waals surface area contributed by atoms with Crippen LogP contribution in [0.3, 0.4) is 0 Å². The molecule has 1 atom stereocenters. The monoisotopic (exact) mass is 285 g/mol. The van der Waals surface area contributed by atoms with Crippen LogP contribution in [0.25, 0.3) is 0 Å². The van der Waals surface area contributed by atoms with E-state index in [0.717, 1.165) is 6.42 Å². The fraction of sp³-hybridized carbons (Fsp3) is 0.857. The molecule has 0 spiro atoms. The molecule has 0 aromatic carbocycles. The third-order valence-corrected chi connectivity index (χ3v) is 3.74. The van der Waals surface area contributed by atoms with Gasteiger partial charge in [-0.25, -0.2) is 9.59 Å². The van der Waals surface area contributed by atoms with Crippen LogP contribution in [0.4, 0.5) is 4.79 Å². The first-order valence-corrected chi connectivity index (χ1v) is 7.11. The molecule has 1 N–H and O–H groups in total. The first-order valence-electron chi connectivity index (χ1n) is 7.11. The molecule has 0 bridgehead atoms. The lowest BCUT2D eigenvalue weighted by Crippen LogP contribution is -2.50. The predicted molar refractivity (Wildman–Crippen MR) is 71.5 cm³/mol. The lowest BCUT2D eigenvalue weighted by Gasteiger charge is -2.39. The van der Waals surface area contributed by atoms with Gasteiger partial charge in [-0.2, -0.15) is 0 Å². The molecular formula is C14H23NO5. The molecule has 6 nitrogen and oxygen atoms in total. The zero-order valence-corrected chi connectivity index (χ0v) is 12.3. The predicted octanol–water partition coefficient (Wildman–Crippen LogP) is 2.02. The largest absolute Gasteiger partial charge is 0.479 e. The smallest absolute Gasteiger partial charge is 0.410 e. The van der Waals surface area contributed by atoms with Crippen molar-refractivity contribution in [3.63, 3.8) is 0 Å². The number of amides is 1. The summed E-state index contributed by atoms with van der Waals surface area (Å²) in [4.78, 5) is 24.8. The fourth-order valence-corrected chi connectivity index (χ4v) is 2.52. The van der Waals surface area contributed by atoms with Gasteiger partial charge in [-0.3, -0.25) is 0 Å². The quantitative estimate of drug-likeness (QED) is 0.858. The maximum atomic E-state index is 11.9. The maximum absolute atomic E-state index is 11.9. The van der Waals surface area contributed by atoms with Crippen molar-refractivity contribution in [2.24, 2.45) is 0 Å². The van der Waals surface area contributed by atoms with Crippen LogP contribution in [0.1, 0.15) is 46.5 Å². The second-order valence-corrected chi connectivity index (χ2v) is 6.61. The van der Waals surface area contributed by atoms with E-state index in [9.17, 15) is 14.7 Å². The summed E-state index contributed by atoms with van der Waals surface area (Å²) in [5.41, 5.74) is -1.54. The molecule has 2 rings (SSSR count). The zero-order chi connectivity index (χ0) is 15.0. The van der Waals surface area contributed by atoms with Crippen molar-refractivity contribution in [1.29, 1.82) is 0 Å². The Kier molecular flexibility index (Phi) is 3.95. The number of likely N-dealkylation sites (tertiary alicyclic amines) is 1. The molecule has 0 aromatic heterocycles. The molecule has 114 valence electrons. The summed E-state index contributed by atoms with van der Waals surface area (Å²) >= 11 is 0. The fourth-order valence-electron chi connectivity index (χ4n) is 2.52. The van der Waals surface area contributed by atoms with Crippen LogP contribution in [-0.4, -0.2) is 52.5 Å². The highest BCUT2D eigenvalue weighted by atomic mass is 16.6. The van der Waals surface area contributed by atoms with E-state index in [0.29, 0.717) is 32.4 Å². The van der Waals surface area contributed by atoms with E-state index in [4.69, 9.17) is 9.47 Å². The Morgan fingerprint density at radius 2 is 1.95 bits per heavy atom. The molecule has 1 saturated carbocycles. The van der Waals surface area contributed by atoms with Crippen molar-refractivity contribution in [2.75, 3.05) is 13.1 Å². The Bertz CT molecular complexity index is 397. The van der Waals surface area contributed by atoms with Crippen LogP contribution >= 0.6 is 0 Å². The second kappa shape index (κ2) is 5.24. The summed E-state index contributed by atoms with van der Waals surface area (Å²) < 4.78 is 11.1. The normalized spacial score (nSPS) is 25.1. The summed E-state index contributed by atoms with van der Waals surface area (Å²) in [7, 11) is 0. The van der Waals surface area contributed by atoms with Gasteiger partial charge in [-0.15, -0.1) is 0 Å². The summed E-state index contributed by atoms with van der Waals surface area (Å²) in [6, 6.07) is 0. The molecular weight excluding hydrogens is 262 g/mol. The number of ether oxygens (including phenoxy) is 2. The van der Waals surface area contributed by atoms with Crippen LogP contribution in [0, 0.1) is 0 Å². The third-order valence-electron chi connectivity index (χ3n) is 3.74. The molecule has 2 aliphatic rings. The highest BCUT2D eigenvalue weighted by molar-refractivity contribution is 5.78. The van der Waals surface area contributed by atoms with Crippen molar-refractivity contribution in [3.8, 4) is 0 Å². The number of hydrogen-bond donors (Lipinski definition) is 1. The first kappa shape index (κ1) is 15.1. The molecule has 20 heavy (non-hydrogen) atoms. The van der Waals surface area contributed by atoms with Crippen molar-refractivity contribution in [2.45, 2.75) is 63.8 Å². The molecule has 2 fully saturated rings. The Morgan fingerprint density at radius 1 is 1.30 bits per heavy atom. The molecule has 1 heterocycles.